The van der Waals surface area contributed by atoms with Gasteiger partial charge >= 0.3 is 0 Å². The fourth-order valence-electron chi connectivity index (χ4n) is 8.74. The number of aliphatic hydroxyl groups is 1. The van der Waals surface area contributed by atoms with Crippen molar-refractivity contribution < 1.29 is 29.6 Å². The lowest BCUT2D eigenvalue weighted by Gasteiger charge is -2.34. The number of ketones is 2. The van der Waals surface area contributed by atoms with Gasteiger partial charge in [0.2, 0.25) is 0 Å². The van der Waals surface area contributed by atoms with E-state index in [1.807, 2.05) is 42.7 Å². The van der Waals surface area contributed by atoms with Crippen LogP contribution in [-0.4, -0.2) is 56.1 Å². The molecular formula is C45H47N3O6. The van der Waals surface area contributed by atoms with Gasteiger partial charge in [-0.1, -0.05) is 42.5 Å². The van der Waals surface area contributed by atoms with Crippen molar-refractivity contribution in [3.05, 3.63) is 135 Å². The number of aromatic hydroxyl groups is 2. The number of aliphatic hydroxyl groups excluding tert-OH is 1. The normalized spacial score (nSPS) is 19.3. The van der Waals surface area contributed by atoms with Gasteiger partial charge in [-0.3, -0.25) is 9.59 Å². The number of Topliss-reactive ketones (excluding diaryl/α,β-unsaturated/α-hetero) is 2. The first-order valence-corrected chi connectivity index (χ1v) is 19.1. The van der Waals surface area contributed by atoms with Gasteiger partial charge in [0.05, 0.1) is 19.1 Å². The number of phenols is 2. The highest BCUT2D eigenvalue weighted by atomic mass is 16.5. The number of nitrogens with one attached hydrogen (secondary N) is 3. The number of carbonyl (C=O) groups excluding carboxylic acids is 2. The number of fused-ring (bicyclic) bond motifs is 9. The van der Waals surface area contributed by atoms with Crippen molar-refractivity contribution in [1.82, 2.24) is 9.97 Å². The molecule has 3 aliphatic rings. The first kappa shape index (κ1) is 35.5. The van der Waals surface area contributed by atoms with Crippen molar-refractivity contribution in [2.24, 2.45) is 5.92 Å². The number of ether oxygens (including phenoxy) is 1. The Balaban J connectivity index is 1.13. The summed E-state index contributed by atoms with van der Waals surface area (Å²) in [7, 11) is 0. The number of hydrogen-bond acceptors (Lipinski definition) is 7. The first-order chi connectivity index (χ1) is 26.3. The van der Waals surface area contributed by atoms with Crippen LogP contribution in [0.25, 0.3) is 6.08 Å². The molecule has 9 nitrogen and oxygen atoms in total. The molecule has 3 aromatic carbocycles. The van der Waals surface area contributed by atoms with Gasteiger partial charge in [-0.05, 0) is 108 Å². The van der Waals surface area contributed by atoms with Gasteiger partial charge in [0.25, 0.3) is 0 Å². The Kier molecular flexibility index (Phi) is 10.1. The lowest BCUT2D eigenvalue weighted by molar-refractivity contribution is -0.129. The molecule has 0 unspecified atom stereocenters. The van der Waals surface area contributed by atoms with Crippen molar-refractivity contribution in [3.63, 3.8) is 0 Å². The fourth-order valence-corrected chi connectivity index (χ4v) is 8.74. The summed E-state index contributed by atoms with van der Waals surface area (Å²) in [5.74, 6) is 0.502. The van der Waals surface area contributed by atoms with E-state index in [9.17, 15) is 24.9 Å². The van der Waals surface area contributed by atoms with Crippen molar-refractivity contribution in [1.29, 1.82) is 0 Å². The summed E-state index contributed by atoms with van der Waals surface area (Å²) < 4.78 is 6.02. The maximum atomic E-state index is 14.5. The maximum Gasteiger partial charge on any atom is 0.164 e. The molecule has 0 amide bonds. The van der Waals surface area contributed by atoms with Crippen LogP contribution in [0.2, 0.25) is 0 Å². The Morgan fingerprint density at radius 3 is 2.50 bits per heavy atom. The lowest BCUT2D eigenvalue weighted by Crippen LogP contribution is -2.33. The highest BCUT2D eigenvalue weighted by molar-refractivity contribution is 6.02. The summed E-state index contributed by atoms with van der Waals surface area (Å²) >= 11 is 0. The zero-order valence-electron chi connectivity index (χ0n) is 30.4. The molecular weight excluding hydrogens is 679 g/mol. The molecule has 4 bridgehead atoms. The molecule has 0 fully saturated rings. The average molecular weight is 726 g/mol. The van der Waals surface area contributed by atoms with E-state index in [-0.39, 0.29) is 41.8 Å². The summed E-state index contributed by atoms with van der Waals surface area (Å²) in [6.45, 7) is 0.912. The zero-order chi connectivity index (χ0) is 37.2. The molecule has 6 N–H and O–H groups in total. The van der Waals surface area contributed by atoms with Crippen molar-refractivity contribution in [2.75, 3.05) is 18.5 Å². The summed E-state index contributed by atoms with van der Waals surface area (Å²) in [5, 5.41) is 36.4. The number of phenolic OH excluding ortho intramolecular Hbond substituents is 2. The van der Waals surface area contributed by atoms with E-state index in [2.05, 4.69) is 39.6 Å². The summed E-state index contributed by atoms with van der Waals surface area (Å²) in [5.41, 5.74) is 9.63. The standard InChI is InChI=1S/C45H47N3O6/c49-34-7-2-4-27(21-34)9-11-35(50)24-39-38-14-16-46-40(38)23-33-26-48-45-31(13-15-47-45)19-28-5-1-6-29(18-28)20-32-22-30(10-12-36(51)25-41(52)42(33)39)37-8-3-17-54-44(37)43(32)53/h1-2,4-7,13-16,18,21-23,35,39,42,46-50,53H,3,8-12,17,19-20,24-26H2/t35-,39-,42-/m1/s1. The second-order valence-corrected chi connectivity index (χ2v) is 15.1. The van der Waals surface area contributed by atoms with Gasteiger partial charge in [0, 0.05) is 66.9 Å². The molecule has 4 heterocycles. The molecule has 3 atom stereocenters. The Hall–Kier alpha value is -5.54. The van der Waals surface area contributed by atoms with Gasteiger partial charge in [-0.2, -0.15) is 0 Å². The van der Waals surface area contributed by atoms with Gasteiger partial charge in [-0.15, -0.1) is 0 Å². The molecule has 9 heteroatoms. The first-order valence-electron chi connectivity index (χ1n) is 19.1. The largest absolute Gasteiger partial charge is 0.508 e. The second kappa shape index (κ2) is 15.4. The highest BCUT2D eigenvalue weighted by Crippen LogP contribution is 2.44. The Morgan fingerprint density at radius 2 is 1.65 bits per heavy atom. The van der Waals surface area contributed by atoms with Crippen LogP contribution >= 0.6 is 0 Å². The Labute approximate surface area is 315 Å². The molecule has 2 aliphatic heterocycles. The summed E-state index contributed by atoms with van der Waals surface area (Å²) in [4.78, 5) is 35.0. The van der Waals surface area contributed by atoms with Crippen LogP contribution in [-0.2, 0) is 41.7 Å². The van der Waals surface area contributed by atoms with Crippen LogP contribution < -0.4 is 10.1 Å². The third kappa shape index (κ3) is 7.59. The number of hydrogen-bond donors (Lipinski definition) is 6. The summed E-state index contributed by atoms with van der Waals surface area (Å²) in [6, 6.07) is 21.5. The van der Waals surface area contributed by atoms with Crippen LogP contribution in [0, 0.1) is 5.92 Å². The highest BCUT2D eigenvalue weighted by Gasteiger charge is 2.38. The van der Waals surface area contributed by atoms with Crippen molar-refractivity contribution >= 4 is 23.5 Å². The van der Waals surface area contributed by atoms with Crippen LogP contribution in [0.5, 0.6) is 17.2 Å². The van der Waals surface area contributed by atoms with Crippen LogP contribution in [0.3, 0.4) is 0 Å². The molecule has 2 aromatic heterocycles. The smallest absolute Gasteiger partial charge is 0.164 e. The number of aromatic nitrogens is 2. The van der Waals surface area contributed by atoms with Crippen molar-refractivity contribution in [3.8, 4) is 17.2 Å². The third-order valence-electron chi connectivity index (χ3n) is 11.4. The number of carbonyl (C=O) groups is 2. The van der Waals surface area contributed by atoms with E-state index in [1.54, 1.807) is 18.2 Å². The molecule has 0 saturated heterocycles. The average Bonchev–Trinajstić information content (AvgIpc) is 3.83. The van der Waals surface area contributed by atoms with Crippen LogP contribution in [0.1, 0.15) is 88.2 Å². The number of anilines is 1. The minimum atomic E-state index is -0.712. The Bertz CT molecular complexity index is 2210. The molecule has 54 heavy (non-hydrogen) atoms. The van der Waals surface area contributed by atoms with E-state index >= 15 is 0 Å². The SMILES string of the molecule is O=C1CCc2cc(c(O)c3c2CCCO3)Cc2cccc(c2)Cc2cc[nH]c2NCC2=Cc3[nH]ccc3[C@@H](C[C@H](O)CCc3cccc(O)c3)[C@@H]2C(=O)C1. The fraction of sp³-hybridized carbons (Fsp3) is 0.333. The lowest BCUT2D eigenvalue weighted by atomic mass is 9.71. The minimum Gasteiger partial charge on any atom is -0.508 e. The molecule has 1 aliphatic carbocycles. The number of H-pyrrole nitrogens is 2. The predicted molar refractivity (Wildman–Crippen MR) is 208 cm³/mol. The topological polar surface area (TPSA) is 148 Å². The second-order valence-electron chi connectivity index (χ2n) is 15.1. The van der Waals surface area contributed by atoms with Gasteiger partial charge < -0.3 is 35.3 Å². The Morgan fingerprint density at radius 1 is 0.833 bits per heavy atom. The van der Waals surface area contributed by atoms with Gasteiger partial charge in [0.15, 0.2) is 11.5 Å². The molecule has 0 radical (unpaired) electrons. The zero-order valence-corrected chi connectivity index (χ0v) is 30.4. The van der Waals surface area contributed by atoms with E-state index in [0.29, 0.717) is 57.4 Å². The predicted octanol–water partition coefficient (Wildman–Crippen LogP) is 7.33. The van der Waals surface area contributed by atoms with Gasteiger partial charge in [-0.25, -0.2) is 0 Å². The summed E-state index contributed by atoms with van der Waals surface area (Å²) in [6.07, 6.45) is 9.72. The molecule has 5 aromatic rings. The van der Waals surface area contributed by atoms with E-state index in [4.69, 9.17) is 4.74 Å². The molecule has 8 rings (SSSR count). The van der Waals surface area contributed by atoms with Gasteiger partial charge in [0.1, 0.15) is 23.1 Å². The minimum absolute atomic E-state index is 0.132. The third-order valence-corrected chi connectivity index (χ3v) is 11.4. The van der Waals surface area contributed by atoms with Crippen LogP contribution in [0.15, 0.2) is 84.7 Å². The van der Waals surface area contributed by atoms with Crippen molar-refractivity contribution in [2.45, 2.75) is 76.2 Å². The van der Waals surface area contributed by atoms with Crippen LogP contribution in [0.4, 0.5) is 5.82 Å². The number of aromatic amines is 2. The number of aryl methyl sites for hydroxylation is 2. The number of rotatable bonds is 5. The molecule has 0 saturated carbocycles. The molecule has 0 spiro atoms. The quantitative estimate of drug-likeness (QED) is 0.104. The monoisotopic (exact) mass is 725 g/mol. The number of benzene rings is 3. The van der Waals surface area contributed by atoms with E-state index in [1.165, 1.54) is 0 Å². The van der Waals surface area contributed by atoms with E-state index in [0.717, 1.165) is 74.4 Å². The maximum absolute atomic E-state index is 14.5. The molecule has 278 valence electrons. The van der Waals surface area contributed by atoms with E-state index < -0.39 is 12.0 Å².